The standard InChI is InChI=1S/C16H29N5O3/c1-3-12(7-4-5-10-22)20-14-13(8-6-9-18-16(23)24)11(2)19-15(17)21-14/h12,18,22H,3-10H2,1-2H3,(H,23,24)(H3,17,19,20,21). The van der Waals surface area contributed by atoms with E-state index in [0.717, 1.165) is 42.8 Å². The molecule has 0 fully saturated rings. The largest absolute Gasteiger partial charge is 0.465 e. The molecule has 0 saturated heterocycles. The summed E-state index contributed by atoms with van der Waals surface area (Å²) in [5, 5.41) is 23.3. The van der Waals surface area contributed by atoms with E-state index in [9.17, 15) is 4.79 Å². The Bertz CT molecular complexity index is 525. The Labute approximate surface area is 142 Å². The first kappa shape index (κ1) is 20.0. The molecule has 0 aliphatic carbocycles. The molecule has 1 heterocycles. The van der Waals surface area contributed by atoms with E-state index >= 15 is 0 Å². The van der Waals surface area contributed by atoms with Crippen LogP contribution in [0.5, 0.6) is 0 Å². The fourth-order valence-corrected chi connectivity index (χ4v) is 2.57. The first-order valence-electron chi connectivity index (χ1n) is 8.45. The lowest BCUT2D eigenvalue weighted by atomic mass is 10.1. The van der Waals surface area contributed by atoms with Crippen LogP contribution in [0.15, 0.2) is 0 Å². The van der Waals surface area contributed by atoms with Crippen molar-refractivity contribution in [2.24, 2.45) is 0 Å². The summed E-state index contributed by atoms with van der Waals surface area (Å²) in [7, 11) is 0. The SMILES string of the molecule is CCC(CCCCO)Nc1nc(N)nc(C)c1CCCNC(=O)O. The number of carboxylic acid groups (broad SMARTS) is 1. The Hall–Kier alpha value is -2.09. The molecule has 1 aromatic heterocycles. The molecule has 0 aromatic carbocycles. The zero-order valence-electron chi connectivity index (χ0n) is 14.5. The highest BCUT2D eigenvalue weighted by Crippen LogP contribution is 2.21. The monoisotopic (exact) mass is 339 g/mol. The fourth-order valence-electron chi connectivity index (χ4n) is 2.57. The summed E-state index contributed by atoms with van der Waals surface area (Å²) in [5.41, 5.74) is 7.56. The number of nitrogens with two attached hydrogens (primary N) is 1. The number of nitrogen functional groups attached to an aromatic ring is 1. The van der Waals surface area contributed by atoms with Gasteiger partial charge in [-0.2, -0.15) is 4.98 Å². The quantitative estimate of drug-likeness (QED) is 0.389. The molecule has 0 bridgehead atoms. The Morgan fingerprint density at radius 1 is 1.29 bits per heavy atom. The molecule has 8 heteroatoms. The first-order valence-corrected chi connectivity index (χ1v) is 8.45. The summed E-state index contributed by atoms with van der Waals surface area (Å²) in [4.78, 5) is 19.1. The van der Waals surface area contributed by atoms with Gasteiger partial charge in [0, 0.05) is 30.5 Å². The fraction of sp³-hybridized carbons (Fsp3) is 0.688. The van der Waals surface area contributed by atoms with Crippen LogP contribution in [-0.4, -0.2) is 45.5 Å². The minimum atomic E-state index is -1.02. The Balaban J connectivity index is 2.77. The van der Waals surface area contributed by atoms with E-state index in [1.54, 1.807) is 0 Å². The maximum atomic E-state index is 10.5. The number of hydrogen-bond acceptors (Lipinski definition) is 6. The molecular weight excluding hydrogens is 310 g/mol. The molecule has 1 atom stereocenters. The van der Waals surface area contributed by atoms with Gasteiger partial charge in [0.1, 0.15) is 5.82 Å². The number of rotatable bonds is 11. The van der Waals surface area contributed by atoms with Crippen molar-refractivity contribution < 1.29 is 15.0 Å². The van der Waals surface area contributed by atoms with Gasteiger partial charge in [-0.3, -0.25) is 0 Å². The molecular formula is C16H29N5O3. The van der Waals surface area contributed by atoms with Gasteiger partial charge in [-0.25, -0.2) is 9.78 Å². The Kier molecular flexibility index (Phi) is 8.85. The maximum absolute atomic E-state index is 10.5. The van der Waals surface area contributed by atoms with Gasteiger partial charge in [-0.1, -0.05) is 6.92 Å². The van der Waals surface area contributed by atoms with Crippen LogP contribution in [0.1, 0.15) is 50.3 Å². The molecule has 0 aliphatic heterocycles. The van der Waals surface area contributed by atoms with Gasteiger partial charge < -0.3 is 26.6 Å². The van der Waals surface area contributed by atoms with E-state index in [1.807, 2.05) is 6.92 Å². The number of hydrogen-bond donors (Lipinski definition) is 5. The average molecular weight is 339 g/mol. The van der Waals surface area contributed by atoms with Crippen LogP contribution in [0, 0.1) is 6.92 Å². The van der Waals surface area contributed by atoms with Gasteiger partial charge in [-0.05, 0) is 45.4 Å². The summed E-state index contributed by atoms with van der Waals surface area (Å²) in [6, 6.07) is 0.251. The van der Waals surface area contributed by atoms with Crippen molar-refractivity contribution in [2.75, 3.05) is 24.2 Å². The van der Waals surface area contributed by atoms with Crippen LogP contribution in [0.25, 0.3) is 0 Å². The minimum absolute atomic E-state index is 0.206. The number of unbranched alkanes of at least 4 members (excludes halogenated alkanes) is 1. The summed E-state index contributed by atoms with van der Waals surface area (Å²) < 4.78 is 0. The van der Waals surface area contributed by atoms with E-state index in [-0.39, 0.29) is 18.6 Å². The molecule has 0 spiro atoms. The van der Waals surface area contributed by atoms with E-state index < -0.39 is 6.09 Å². The van der Waals surface area contributed by atoms with Crippen LogP contribution in [-0.2, 0) is 6.42 Å². The number of aryl methyl sites for hydroxylation is 1. The molecule has 136 valence electrons. The van der Waals surface area contributed by atoms with Gasteiger partial charge in [0.15, 0.2) is 0 Å². The molecule has 1 aromatic rings. The molecule has 0 saturated carbocycles. The van der Waals surface area contributed by atoms with Crippen LogP contribution in [0.3, 0.4) is 0 Å². The van der Waals surface area contributed by atoms with Crippen LogP contribution in [0.2, 0.25) is 0 Å². The number of aliphatic hydroxyl groups excluding tert-OH is 1. The summed E-state index contributed by atoms with van der Waals surface area (Å²) in [6.07, 6.45) is 3.93. The average Bonchev–Trinajstić information content (AvgIpc) is 2.52. The number of aliphatic hydroxyl groups is 1. The highest BCUT2D eigenvalue weighted by molar-refractivity contribution is 5.64. The van der Waals surface area contributed by atoms with Crippen molar-refractivity contribution in [2.45, 2.75) is 58.4 Å². The van der Waals surface area contributed by atoms with Gasteiger partial charge >= 0.3 is 6.09 Å². The second-order valence-corrected chi connectivity index (χ2v) is 5.80. The second kappa shape index (κ2) is 10.6. The molecule has 1 rings (SSSR count). The van der Waals surface area contributed by atoms with E-state index in [2.05, 4.69) is 27.5 Å². The minimum Gasteiger partial charge on any atom is -0.465 e. The predicted octanol–water partition coefficient (Wildman–Crippen LogP) is 1.92. The Morgan fingerprint density at radius 2 is 2.04 bits per heavy atom. The van der Waals surface area contributed by atoms with Gasteiger partial charge in [-0.15, -0.1) is 0 Å². The highest BCUT2D eigenvalue weighted by Gasteiger charge is 2.14. The third kappa shape index (κ3) is 6.99. The summed E-state index contributed by atoms with van der Waals surface area (Å²) in [5.74, 6) is 0.957. The third-order valence-electron chi connectivity index (χ3n) is 3.91. The third-order valence-corrected chi connectivity index (χ3v) is 3.91. The van der Waals surface area contributed by atoms with Gasteiger partial charge in [0.2, 0.25) is 5.95 Å². The van der Waals surface area contributed by atoms with Crippen molar-refractivity contribution in [3.63, 3.8) is 0 Å². The molecule has 0 aliphatic rings. The molecule has 1 amide bonds. The molecule has 0 radical (unpaired) electrons. The van der Waals surface area contributed by atoms with Crippen LogP contribution >= 0.6 is 0 Å². The second-order valence-electron chi connectivity index (χ2n) is 5.80. The van der Waals surface area contributed by atoms with E-state index in [1.165, 1.54) is 0 Å². The first-order chi connectivity index (χ1) is 11.5. The molecule has 24 heavy (non-hydrogen) atoms. The van der Waals surface area contributed by atoms with Crippen molar-refractivity contribution >= 4 is 17.9 Å². The molecule has 1 unspecified atom stereocenters. The lowest BCUT2D eigenvalue weighted by Gasteiger charge is -2.20. The van der Waals surface area contributed by atoms with E-state index in [4.69, 9.17) is 15.9 Å². The van der Waals surface area contributed by atoms with Gasteiger partial charge in [0.05, 0.1) is 0 Å². The van der Waals surface area contributed by atoms with Crippen LogP contribution in [0.4, 0.5) is 16.6 Å². The number of carbonyl (C=O) groups is 1. The summed E-state index contributed by atoms with van der Waals surface area (Å²) >= 11 is 0. The number of nitrogens with zero attached hydrogens (tertiary/aromatic N) is 2. The smallest absolute Gasteiger partial charge is 0.404 e. The number of aromatic nitrogens is 2. The Morgan fingerprint density at radius 3 is 2.67 bits per heavy atom. The summed E-state index contributed by atoms with van der Waals surface area (Å²) in [6.45, 7) is 4.57. The maximum Gasteiger partial charge on any atom is 0.404 e. The highest BCUT2D eigenvalue weighted by atomic mass is 16.4. The zero-order chi connectivity index (χ0) is 17.9. The molecule has 6 N–H and O–H groups in total. The van der Waals surface area contributed by atoms with Crippen molar-refractivity contribution in [3.8, 4) is 0 Å². The number of nitrogens with one attached hydrogen (secondary N) is 2. The number of anilines is 2. The van der Waals surface area contributed by atoms with Gasteiger partial charge in [0.25, 0.3) is 0 Å². The van der Waals surface area contributed by atoms with E-state index in [0.29, 0.717) is 19.4 Å². The zero-order valence-corrected chi connectivity index (χ0v) is 14.5. The van der Waals surface area contributed by atoms with Crippen molar-refractivity contribution in [1.29, 1.82) is 0 Å². The van der Waals surface area contributed by atoms with Crippen LogP contribution < -0.4 is 16.4 Å². The lowest BCUT2D eigenvalue weighted by molar-refractivity contribution is 0.194. The van der Waals surface area contributed by atoms with Crippen molar-refractivity contribution in [3.05, 3.63) is 11.3 Å². The normalized spacial score (nSPS) is 12.0. The topological polar surface area (TPSA) is 133 Å². The van der Waals surface area contributed by atoms with Crippen molar-refractivity contribution in [1.82, 2.24) is 15.3 Å². The molecule has 8 nitrogen and oxygen atoms in total. The lowest BCUT2D eigenvalue weighted by Crippen LogP contribution is -2.23. The number of amides is 1. The predicted molar refractivity (Wildman–Crippen MR) is 94.2 cm³/mol.